The average molecular weight is 346 g/mol. The first-order valence-corrected chi connectivity index (χ1v) is 9.31. The SMILES string of the molecule is CC[C@@H](C)NC(=O)c1cccc(S(=O)(=O)Nc2ccccc2C)c1. The van der Waals surface area contributed by atoms with E-state index in [0.29, 0.717) is 11.3 Å². The molecule has 0 spiro atoms. The van der Waals surface area contributed by atoms with E-state index in [4.69, 9.17) is 0 Å². The molecule has 0 fully saturated rings. The van der Waals surface area contributed by atoms with Gasteiger partial charge in [-0.3, -0.25) is 9.52 Å². The van der Waals surface area contributed by atoms with E-state index in [1.54, 1.807) is 24.3 Å². The van der Waals surface area contributed by atoms with E-state index in [0.717, 1.165) is 12.0 Å². The number of carbonyl (C=O) groups is 1. The molecule has 1 amide bonds. The number of sulfonamides is 1. The lowest BCUT2D eigenvalue weighted by Crippen LogP contribution is -2.32. The van der Waals surface area contributed by atoms with Crippen molar-refractivity contribution in [3.8, 4) is 0 Å². The van der Waals surface area contributed by atoms with E-state index in [2.05, 4.69) is 10.0 Å². The maximum atomic E-state index is 12.6. The lowest BCUT2D eigenvalue weighted by molar-refractivity contribution is 0.0939. The number of para-hydroxylation sites is 1. The Labute approximate surface area is 143 Å². The molecule has 0 saturated heterocycles. The molecule has 128 valence electrons. The van der Waals surface area contributed by atoms with Gasteiger partial charge in [-0.25, -0.2) is 8.42 Å². The molecule has 0 heterocycles. The second-order valence-electron chi connectivity index (χ2n) is 5.73. The minimum atomic E-state index is -3.76. The molecule has 1 atom stereocenters. The summed E-state index contributed by atoms with van der Waals surface area (Å²) in [5.41, 5.74) is 1.67. The Morgan fingerprint density at radius 3 is 2.50 bits per heavy atom. The van der Waals surface area contributed by atoms with Crippen molar-refractivity contribution in [3.05, 3.63) is 59.7 Å². The lowest BCUT2D eigenvalue weighted by atomic mass is 10.2. The molecule has 0 unspecified atom stereocenters. The molecule has 0 aliphatic heterocycles. The zero-order valence-corrected chi connectivity index (χ0v) is 14.9. The summed E-state index contributed by atoms with van der Waals surface area (Å²) in [6.07, 6.45) is 0.804. The van der Waals surface area contributed by atoms with Gasteiger partial charge in [0.25, 0.3) is 15.9 Å². The molecule has 0 bridgehead atoms. The predicted octanol–water partition coefficient (Wildman–Crippen LogP) is 3.32. The van der Waals surface area contributed by atoms with Crippen molar-refractivity contribution in [2.45, 2.75) is 38.1 Å². The van der Waals surface area contributed by atoms with E-state index in [1.165, 1.54) is 12.1 Å². The van der Waals surface area contributed by atoms with Crippen molar-refractivity contribution >= 4 is 21.6 Å². The molecule has 24 heavy (non-hydrogen) atoms. The lowest BCUT2D eigenvalue weighted by Gasteiger charge is -2.13. The zero-order valence-electron chi connectivity index (χ0n) is 14.0. The van der Waals surface area contributed by atoms with Gasteiger partial charge in [-0.05, 0) is 50.1 Å². The molecule has 0 aromatic heterocycles. The van der Waals surface area contributed by atoms with Crippen molar-refractivity contribution in [2.75, 3.05) is 4.72 Å². The van der Waals surface area contributed by atoms with Crippen LogP contribution in [0.4, 0.5) is 5.69 Å². The van der Waals surface area contributed by atoms with Crippen LogP contribution in [0.1, 0.15) is 36.2 Å². The van der Waals surface area contributed by atoms with Crippen LogP contribution in [0.3, 0.4) is 0 Å². The second-order valence-corrected chi connectivity index (χ2v) is 7.41. The number of amides is 1. The Morgan fingerprint density at radius 2 is 1.83 bits per heavy atom. The Bertz CT molecular complexity index is 832. The Hall–Kier alpha value is -2.34. The van der Waals surface area contributed by atoms with E-state index in [9.17, 15) is 13.2 Å². The highest BCUT2D eigenvalue weighted by atomic mass is 32.2. The maximum absolute atomic E-state index is 12.6. The summed E-state index contributed by atoms with van der Waals surface area (Å²) in [5, 5.41) is 2.83. The van der Waals surface area contributed by atoms with Crippen LogP contribution in [-0.4, -0.2) is 20.4 Å². The van der Waals surface area contributed by atoms with E-state index in [1.807, 2.05) is 32.9 Å². The first-order chi connectivity index (χ1) is 11.3. The first kappa shape index (κ1) is 18.0. The van der Waals surface area contributed by atoms with Gasteiger partial charge in [-0.1, -0.05) is 31.2 Å². The summed E-state index contributed by atoms with van der Waals surface area (Å²) in [6, 6.07) is 13.2. The molecule has 0 radical (unpaired) electrons. The number of anilines is 1. The van der Waals surface area contributed by atoms with Crippen LogP contribution < -0.4 is 10.0 Å². The van der Waals surface area contributed by atoms with Crippen LogP contribution in [0.25, 0.3) is 0 Å². The second kappa shape index (κ2) is 7.49. The molecule has 2 rings (SSSR count). The fourth-order valence-corrected chi connectivity index (χ4v) is 3.28. The number of carbonyl (C=O) groups excluding carboxylic acids is 1. The molecular weight excluding hydrogens is 324 g/mol. The number of hydrogen-bond acceptors (Lipinski definition) is 3. The van der Waals surface area contributed by atoms with Crippen LogP contribution in [0, 0.1) is 6.92 Å². The van der Waals surface area contributed by atoms with Gasteiger partial charge in [0.05, 0.1) is 10.6 Å². The van der Waals surface area contributed by atoms with E-state index >= 15 is 0 Å². The number of hydrogen-bond donors (Lipinski definition) is 2. The van der Waals surface area contributed by atoms with Crippen molar-refractivity contribution in [1.82, 2.24) is 5.32 Å². The van der Waals surface area contributed by atoms with Crippen LogP contribution in [0.5, 0.6) is 0 Å². The molecule has 0 aliphatic rings. The minimum Gasteiger partial charge on any atom is -0.350 e. The fraction of sp³-hybridized carbons (Fsp3) is 0.278. The Kier molecular flexibility index (Phi) is 5.62. The van der Waals surface area contributed by atoms with Gasteiger partial charge in [-0.2, -0.15) is 0 Å². The van der Waals surface area contributed by atoms with Gasteiger partial charge >= 0.3 is 0 Å². The Balaban J connectivity index is 2.27. The molecule has 2 aromatic carbocycles. The zero-order chi connectivity index (χ0) is 17.7. The van der Waals surface area contributed by atoms with E-state index in [-0.39, 0.29) is 16.8 Å². The summed E-state index contributed by atoms with van der Waals surface area (Å²) in [5.74, 6) is -0.280. The number of nitrogens with one attached hydrogen (secondary N) is 2. The van der Waals surface area contributed by atoms with Gasteiger partial charge in [0.2, 0.25) is 0 Å². The summed E-state index contributed by atoms with van der Waals surface area (Å²) in [4.78, 5) is 12.2. The minimum absolute atomic E-state index is 0.0304. The molecule has 2 aromatic rings. The number of benzene rings is 2. The quantitative estimate of drug-likeness (QED) is 0.842. The van der Waals surface area contributed by atoms with Crippen molar-refractivity contribution in [1.29, 1.82) is 0 Å². The smallest absolute Gasteiger partial charge is 0.261 e. The van der Waals surface area contributed by atoms with E-state index < -0.39 is 10.0 Å². The molecular formula is C18H22N2O3S. The first-order valence-electron chi connectivity index (χ1n) is 7.83. The van der Waals surface area contributed by atoms with Crippen molar-refractivity contribution < 1.29 is 13.2 Å². The van der Waals surface area contributed by atoms with Gasteiger partial charge < -0.3 is 5.32 Å². The highest BCUT2D eigenvalue weighted by Crippen LogP contribution is 2.20. The van der Waals surface area contributed by atoms with Crippen LogP contribution in [0.15, 0.2) is 53.4 Å². The van der Waals surface area contributed by atoms with Gasteiger partial charge in [-0.15, -0.1) is 0 Å². The highest BCUT2D eigenvalue weighted by Gasteiger charge is 2.17. The summed E-state index contributed by atoms with van der Waals surface area (Å²) >= 11 is 0. The van der Waals surface area contributed by atoms with Gasteiger partial charge in [0.1, 0.15) is 0 Å². The third kappa shape index (κ3) is 4.35. The third-order valence-corrected chi connectivity index (χ3v) is 5.15. The highest BCUT2D eigenvalue weighted by molar-refractivity contribution is 7.92. The molecule has 2 N–H and O–H groups in total. The van der Waals surface area contributed by atoms with Gasteiger partial charge in [0, 0.05) is 11.6 Å². The van der Waals surface area contributed by atoms with Crippen LogP contribution in [0.2, 0.25) is 0 Å². The summed E-state index contributed by atoms with van der Waals surface area (Å²) in [7, 11) is -3.76. The fourth-order valence-electron chi connectivity index (χ4n) is 2.10. The van der Waals surface area contributed by atoms with Crippen LogP contribution >= 0.6 is 0 Å². The summed E-state index contributed by atoms with van der Waals surface area (Å²) < 4.78 is 27.7. The largest absolute Gasteiger partial charge is 0.350 e. The predicted molar refractivity (Wildman–Crippen MR) is 95.6 cm³/mol. The monoisotopic (exact) mass is 346 g/mol. The topological polar surface area (TPSA) is 75.3 Å². The van der Waals surface area contributed by atoms with Crippen LogP contribution in [-0.2, 0) is 10.0 Å². The summed E-state index contributed by atoms with van der Waals surface area (Å²) in [6.45, 7) is 5.70. The maximum Gasteiger partial charge on any atom is 0.261 e. The van der Waals surface area contributed by atoms with Crippen molar-refractivity contribution in [2.24, 2.45) is 0 Å². The number of aryl methyl sites for hydroxylation is 1. The molecule has 0 saturated carbocycles. The standard InChI is InChI=1S/C18H22N2O3S/c1-4-14(3)19-18(21)15-9-7-10-16(12-15)24(22,23)20-17-11-6-5-8-13(17)2/h5-12,14,20H,4H2,1-3H3,(H,19,21)/t14-/m1/s1. The molecule has 5 nitrogen and oxygen atoms in total. The van der Waals surface area contributed by atoms with Crippen molar-refractivity contribution in [3.63, 3.8) is 0 Å². The Morgan fingerprint density at radius 1 is 1.12 bits per heavy atom. The normalized spacial score (nSPS) is 12.5. The van der Waals surface area contributed by atoms with Gasteiger partial charge in [0.15, 0.2) is 0 Å². The molecule has 0 aliphatic carbocycles. The third-order valence-electron chi connectivity index (χ3n) is 3.79. The number of rotatable bonds is 6. The molecule has 6 heteroatoms. The average Bonchev–Trinajstić information content (AvgIpc) is 2.56.